The lowest BCUT2D eigenvalue weighted by Crippen LogP contribution is -3.09. The average Bonchev–Trinajstić information content (AvgIpc) is 3.16. The molecule has 1 aromatic heterocycles. The molecule has 1 saturated heterocycles. The first-order chi connectivity index (χ1) is 13.7. The van der Waals surface area contributed by atoms with E-state index in [-0.39, 0.29) is 23.5 Å². The van der Waals surface area contributed by atoms with Crippen molar-refractivity contribution in [3.05, 3.63) is 28.7 Å². The molecule has 29 heavy (non-hydrogen) atoms. The molecule has 0 radical (unpaired) electrons. The van der Waals surface area contributed by atoms with Crippen LogP contribution in [0.5, 0.6) is 0 Å². The first-order valence-electron chi connectivity index (χ1n) is 10.8. The van der Waals surface area contributed by atoms with Crippen molar-refractivity contribution in [1.82, 2.24) is 14.7 Å². The van der Waals surface area contributed by atoms with Crippen molar-refractivity contribution in [3.63, 3.8) is 0 Å². The number of likely N-dealkylation sites (N-methyl/N-ethyl adjacent to an activating group) is 2. The van der Waals surface area contributed by atoms with Crippen molar-refractivity contribution in [1.29, 1.82) is 0 Å². The Morgan fingerprint density at radius 3 is 2.69 bits per heavy atom. The highest BCUT2D eigenvalue weighted by Crippen LogP contribution is 2.26. The molecule has 1 amide bonds. The predicted molar refractivity (Wildman–Crippen MR) is 113 cm³/mol. The van der Waals surface area contributed by atoms with E-state index in [0.717, 1.165) is 41.1 Å². The fourth-order valence-electron chi connectivity index (χ4n) is 4.60. The van der Waals surface area contributed by atoms with Gasteiger partial charge in [-0.25, -0.2) is 8.42 Å². The minimum atomic E-state index is -2.95. The number of carbonyl (C=O) groups is 1. The molecule has 3 rings (SSSR count). The van der Waals surface area contributed by atoms with Crippen molar-refractivity contribution in [2.75, 3.05) is 31.6 Å². The number of hydrogen-bond acceptors (Lipinski definition) is 4. The predicted octanol–water partition coefficient (Wildman–Crippen LogP) is 1.18. The van der Waals surface area contributed by atoms with Gasteiger partial charge in [0.1, 0.15) is 6.54 Å². The smallest absolute Gasteiger partial charge is 0.281 e. The van der Waals surface area contributed by atoms with E-state index in [4.69, 9.17) is 0 Å². The Hall–Kier alpha value is -1.67. The Labute approximate surface area is 174 Å². The minimum absolute atomic E-state index is 0.0665. The van der Waals surface area contributed by atoms with Crippen molar-refractivity contribution in [2.45, 2.75) is 65.5 Å². The van der Waals surface area contributed by atoms with Gasteiger partial charge in [-0.1, -0.05) is 6.08 Å². The summed E-state index contributed by atoms with van der Waals surface area (Å²) in [6.07, 6.45) is 7.28. The fourth-order valence-corrected chi connectivity index (χ4v) is 6.29. The molecule has 7 nitrogen and oxygen atoms in total. The number of carbonyl (C=O) groups excluding carboxylic acids is 1. The van der Waals surface area contributed by atoms with E-state index in [1.54, 1.807) is 0 Å². The van der Waals surface area contributed by atoms with Crippen LogP contribution in [0.4, 0.5) is 0 Å². The number of nitrogens with one attached hydrogen (secondary N) is 1. The lowest BCUT2D eigenvalue weighted by atomic mass is 10.0. The molecule has 1 aromatic rings. The highest BCUT2D eigenvalue weighted by Gasteiger charge is 2.32. The van der Waals surface area contributed by atoms with Gasteiger partial charge in [0.2, 0.25) is 0 Å². The molecule has 1 aliphatic carbocycles. The third kappa shape index (κ3) is 5.09. The van der Waals surface area contributed by atoms with Crippen molar-refractivity contribution < 1.29 is 18.1 Å². The SMILES string of the molecule is CCN(C(=O)C[NH+](C)Cc1c(C)nn([C@H]2CCS(=O)(=O)C2)c1C)C1=CCCCC1. The zero-order valence-corrected chi connectivity index (χ0v) is 19.0. The van der Waals surface area contributed by atoms with Gasteiger partial charge in [-0.2, -0.15) is 5.10 Å². The van der Waals surface area contributed by atoms with Gasteiger partial charge in [-0.05, 0) is 52.9 Å². The molecular formula is C21H35N4O3S+. The highest BCUT2D eigenvalue weighted by molar-refractivity contribution is 7.91. The molecule has 8 heteroatoms. The second kappa shape index (κ2) is 9.00. The van der Waals surface area contributed by atoms with E-state index in [2.05, 4.69) is 11.2 Å². The zero-order chi connectivity index (χ0) is 21.2. The zero-order valence-electron chi connectivity index (χ0n) is 18.2. The molecule has 1 fully saturated rings. The maximum atomic E-state index is 12.9. The van der Waals surface area contributed by atoms with E-state index < -0.39 is 9.84 Å². The van der Waals surface area contributed by atoms with Gasteiger partial charge < -0.3 is 9.80 Å². The van der Waals surface area contributed by atoms with Crippen LogP contribution in [0.3, 0.4) is 0 Å². The lowest BCUT2D eigenvalue weighted by Gasteiger charge is -2.27. The van der Waals surface area contributed by atoms with Crippen LogP contribution >= 0.6 is 0 Å². The Morgan fingerprint density at radius 1 is 1.34 bits per heavy atom. The molecule has 0 aromatic carbocycles. The summed E-state index contributed by atoms with van der Waals surface area (Å²) in [5, 5.41) is 4.65. The largest absolute Gasteiger partial charge is 0.326 e. The maximum absolute atomic E-state index is 12.9. The first-order valence-corrected chi connectivity index (χ1v) is 12.6. The summed E-state index contributed by atoms with van der Waals surface area (Å²) in [7, 11) is -0.909. The molecule has 0 bridgehead atoms. The molecular weight excluding hydrogens is 388 g/mol. The average molecular weight is 424 g/mol. The van der Waals surface area contributed by atoms with E-state index in [1.807, 2.05) is 37.4 Å². The molecule has 1 N–H and O–H groups in total. The first kappa shape index (κ1) is 22.0. The summed E-state index contributed by atoms with van der Waals surface area (Å²) in [6.45, 7) is 7.89. The number of amides is 1. The summed E-state index contributed by atoms with van der Waals surface area (Å²) >= 11 is 0. The molecule has 1 aliphatic heterocycles. The molecule has 0 spiro atoms. The number of rotatable bonds is 7. The van der Waals surface area contributed by atoms with E-state index >= 15 is 0 Å². The van der Waals surface area contributed by atoms with Gasteiger partial charge in [-0.15, -0.1) is 0 Å². The van der Waals surface area contributed by atoms with Gasteiger partial charge in [0.15, 0.2) is 16.4 Å². The van der Waals surface area contributed by atoms with Gasteiger partial charge in [0.25, 0.3) is 5.91 Å². The minimum Gasteiger partial charge on any atom is -0.326 e. The van der Waals surface area contributed by atoms with Crippen molar-refractivity contribution in [3.8, 4) is 0 Å². The lowest BCUT2D eigenvalue weighted by molar-refractivity contribution is -0.885. The Kier molecular flexibility index (Phi) is 6.83. The van der Waals surface area contributed by atoms with Crippen LogP contribution in [0.2, 0.25) is 0 Å². The van der Waals surface area contributed by atoms with Gasteiger partial charge >= 0.3 is 0 Å². The monoisotopic (exact) mass is 423 g/mol. The number of quaternary nitrogens is 1. The van der Waals surface area contributed by atoms with Crippen LogP contribution in [0.25, 0.3) is 0 Å². The summed E-state index contributed by atoms with van der Waals surface area (Å²) in [4.78, 5) is 16.0. The maximum Gasteiger partial charge on any atom is 0.281 e. The van der Waals surface area contributed by atoms with Crippen molar-refractivity contribution >= 4 is 15.7 Å². The molecule has 1 unspecified atom stereocenters. The van der Waals surface area contributed by atoms with Gasteiger partial charge in [0.05, 0.1) is 35.9 Å². The Bertz CT molecular complexity index is 888. The van der Waals surface area contributed by atoms with Crippen LogP contribution in [-0.2, 0) is 21.2 Å². The Morgan fingerprint density at radius 2 is 2.10 bits per heavy atom. The van der Waals surface area contributed by atoms with Crippen LogP contribution in [0.15, 0.2) is 11.8 Å². The second-order valence-corrected chi connectivity index (χ2v) is 10.8. The van der Waals surface area contributed by atoms with E-state index in [1.165, 1.54) is 12.1 Å². The topological polar surface area (TPSA) is 76.7 Å². The Balaban J connectivity index is 1.66. The molecule has 2 atom stereocenters. The number of aromatic nitrogens is 2. The summed E-state index contributed by atoms with van der Waals surface area (Å²) in [5.74, 6) is 0.590. The fraction of sp³-hybridized carbons (Fsp3) is 0.714. The summed E-state index contributed by atoms with van der Waals surface area (Å²) in [5.41, 5.74) is 4.26. The van der Waals surface area contributed by atoms with Gasteiger partial charge in [-0.3, -0.25) is 9.48 Å². The number of hydrogen-bond donors (Lipinski definition) is 1. The normalized spacial score (nSPS) is 22.3. The van der Waals surface area contributed by atoms with Crippen LogP contribution in [0.1, 0.15) is 62.0 Å². The molecule has 162 valence electrons. The molecule has 2 aliphatic rings. The second-order valence-electron chi connectivity index (χ2n) is 8.54. The summed E-state index contributed by atoms with van der Waals surface area (Å²) in [6, 6.07) is -0.0665. The highest BCUT2D eigenvalue weighted by atomic mass is 32.2. The number of sulfone groups is 1. The standard InChI is InChI=1S/C21H34N4O3S/c1-5-24(18-9-7-6-8-10-18)21(26)14-23(4)13-20-16(2)22-25(17(20)3)19-11-12-29(27,28)15-19/h9,19H,5-8,10-15H2,1-4H3/p+1/t19-/m0/s1. The quantitative estimate of drug-likeness (QED) is 0.715. The van der Waals surface area contributed by atoms with Crippen LogP contribution < -0.4 is 4.90 Å². The van der Waals surface area contributed by atoms with Gasteiger partial charge in [0, 0.05) is 17.9 Å². The molecule has 2 heterocycles. The number of aryl methyl sites for hydroxylation is 1. The van der Waals surface area contributed by atoms with E-state index in [0.29, 0.717) is 26.1 Å². The number of nitrogens with zero attached hydrogens (tertiary/aromatic N) is 3. The third-order valence-electron chi connectivity index (χ3n) is 6.19. The third-order valence-corrected chi connectivity index (χ3v) is 7.94. The van der Waals surface area contributed by atoms with Crippen LogP contribution in [-0.4, -0.2) is 60.6 Å². The van der Waals surface area contributed by atoms with E-state index in [9.17, 15) is 13.2 Å². The number of allylic oxidation sites excluding steroid dienone is 2. The van der Waals surface area contributed by atoms with Crippen LogP contribution in [0, 0.1) is 13.8 Å². The van der Waals surface area contributed by atoms with Crippen molar-refractivity contribution in [2.24, 2.45) is 0 Å². The summed E-state index contributed by atoms with van der Waals surface area (Å²) < 4.78 is 25.6. The molecule has 0 saturated carbocycles.